The summed E-state index contributed by atoms with van der Waals surface area (Å²) in [7, 11) is 0. The standard InChI is InChI=1S/C28H31FN4O5/c1-3-37-27(35)13-12-26(34)32-16-14-31(15-17-32)22-10-8-20(9-11-22)25-19-24(28(36)38-4-2)30-33(25)23-7-5-6-21(29)18-23/h5-11,18-19H,3-4,12-17H2,1-2H3. The van der Waals surface area contributed by atoms with Crippen molar-refractivity contribution in [3.05, 3.63) is 66.1 Å². The number of amides is 1. The maximum atomic E-state index is 13.9. The van der Waals surface area contributed by atoms with Crippen LogP contribution in [-0.2, 0) is 19.1 Å². The van der Waals surface area contributed by atoms with Crippen molar-refractivity contribution in [1.29, 1.82) is 0 Å². The Morgan fingerprint density at radius 1 is 0.868 bits per heavy atom. The fourth-order valence-electron chi connectivity index (χ4n) is 4.35. The summed E-state index contributed by atoms with van der Waals surface area (Å²) in [5, 5.41) is 4.39. The van der Waals surface area contributed by atoms with Crippen molar-refractivity contribution in [3.8, 4) is 16.9 Å². The Balaban J connectivity index is 1.46. The summed E-state index contributed by atoms with van der Waals surface area (Å²) in [5.41, 5.74) is 3.05. The normalized spacial score (nSPS) is 13.3. The van der Waals surface area contributed by atoms with Crippen LogP contribution in [0.3, 0.4) is 0 Å². The van der Waals surface area contributed by atoms with E-state index in [9.17, 15) is 18.8 Å². The van der Waals surface area contributed by atoms with E-state index in [1.807, 2.05) is 24.3 Å². The van der Waals surface area contributed by atoms with Crippen molar-refractivity contribution in [2.24, 2.45) is 0 Å². The van der Waals surface area contributed by atoms with Gasteiger partial charge in [0, 0.05) is 43.9 Å². The number of rotatable bonds is 9. The van der Waals surface area contributed by atoms with Crippen LogP contribution in [-0.4, -0.2) is 71.9 Å². The second-order valence-electron chi connectivity index (χ2n) is 8.75. The Hall–Kier alpha value is -4.21. The quantitative estimate of drug-likeness (QED) is 0.394. The van der Waals surface area contributed by atoms with Crippen LogP contribution in [0.15, 0.2) is 54.6 Å². The maximum absolute atomic E-state index is 13.9. The molecule has 9 nitrogen and oxygen atoms in total. The minimum absolute atomic E-state index is 0.0453. The number of carbonyl (C=O) groups excluding carboxylic acids is 3. The maximum Gasteiger partial charge on any atom is 0.358 e. The predicted molar refractivity (Wildman–Crippen MR) is 140 cm³/mol. The minimum atomic E-state index is -0.546. The molecule has 0 aliphatic carbocycles. The summed E-state index contributed by atoms with van der Waals surface area (Å²) in [4.78, 5) is 40.3. The lowest BCUT2D eigenvalue weighted by Crippen LogP contribution is -2.48. The van der Waals surface area contributed by atoms with Crippen LogP contribution in [0.5, 0.6) is 0 Å². The summed E-state index contributed by atoms with van der Waals surface area (Å²) in [6, 6.07) is 15.4. The highest BCUT2D eigenvalue weighted by molar-refractivity contribution is 5.89. The molecule has 0 radical (unpaired) electrons. The molecule has 0 spiro atoms. The van der Waals surface area contributed by atoms with E-state index < -0.39 is 11.8 Å². The lowest BCUT2D eigenvalue weighted by atomic mass is 10.1. The highest BCUT2D eigenvalue weighted by Crippen LogP contribution is 2.28. The number of piperazine rings is 1. The second-order valence-corrected chi connectivity index (χ2v) is 8.75. The first-order valence-electron chi connectivity index (χ1n) is 12.7. The van der Waals surface area contributed by atoms with Gasteiger partial charge in [0.15, 0.2) is 5.69 Å². The topological polar surface area (TPSA) is 94.0 Å². The number of carbonyl (C=O) groups is 3. The number of nitrogens with zero attached hydrogens (tertiary/aromatic N) is 4. The zero-order chi connectivity index (χ0) is 27.1. The van der Waals surface area contributed by atoms with E-state index in [0.717, 1.165) is 11.3 Å². The summed E-state index contributed by atoms with van der Waals surface area (Å²) in [6.07, 6.45) is 0.249. The predicted octanol–water partition coefficient (Wildman–Crippen LogP) is 3.85. The lowest BCUT2D eigenvalue weighted by molar-refractivity contribution is -0.145. The van der Waals surface area contributed by atoms with E-state index >= 15 is 0 Å². The lowest BCUT2D eigenvalue weighted by Gasteiger charge is -2.36. The summed E-state index contributed by atoms with van der Waals surface area (Å²) in [5.74, 6) is -1.35. The Kier molecular flexibility index (Phi) is 8.73. The molecule has 1 aliphatic rings. The van der Waals surface area contributed by atoms with Gasteiger partial charge in [-0.1, -0.05) is 18.2 Å². The molecule has 0 atom stereocenters. The Labute approximate surface area is 220 Å². The van der Waals surface area contributed by atoms with Gasteiger partial charge in [0.05, 0.1) is 31.0 Å². The first-order chi connectivity index (χ1) is 18.4. The van der Waals surface area contributed by atoms with Gasteiger partial charge < -0.3 is 19.3 Å². The van der Waals surface area contributed by atoms with E-state index in [2.05, 4.69) is 10.00 Å². The van der Waals surface area contributed by atoms with Gasteiger partial charge >= 0.3 is 11.9 Å². The Morgan fingerprint density at radius 3 is 2.24 bits per heavy atom. The SMILES string of the molecule is CCOC(=O)CCC(=O)N1CCN(c2ccc(-c3cc(C(=O)OCC)nn3-c3cccc(F)c3)cc2)CC1. The van der Waals surface area contributed by atoms with Gasteiger partial charge in [0.2, 0.25) is 5.91 Å². The van der Waals surface area contributed by atoms with Gasteiger partial charge in [-0.25, -0.2) is 13.9 Å². The summed E-state index contributed by atoms with van der Waals surface area (Å²) < 4.78 is 25.5. The molecular formula is C28H31FN4O5. The molecule has 200 valence electrons. The van der Waals surface area contributed by atoms with Crippen LogP contribution < -0.4 is 4.90 Å². The van der Waals surface area contributed by atoms with Crippen LogP contribution >= 0.6 is 0 Å². The Morgan fingerprint density at radius 2 is 1.58 bits per heavy atom. The van der Waals surface area contributed by atoms with Crippen LogP contribution in [0.4, 0.5) is 10.1 Å². The van der Waals surface area contributed by atoms with Gasteiger partial charge in [-0.15, -0.1) is 0 Å². The minimum Gasteiger partial charge on any atom is -0.466 e. The zero-order valence-corrected chi connectivity index (χ0v) is 21.6. The van der Waals surface area contributed by atoms with Crippen LogP contribution in [0.2, 0.25) is 0 Å². The van der Waals surface area contributed by atoms with E-state index in [1.165, 1.54) is 16.8 Å². The Bertz CT molecular complexity index is 1280. The fraction of sp³-hybridized carbons (Fsp3) is 0.357. The average molecular weight is 523 g/mol. The molecule has 1 fully saturated rings. The van der Waals surface area contributed by atoms with Crippen molar-refractivity contribution in [2.75, 3.05) is 44.3 Å². The molecule has 10 heteroatoms. The average Bonchev–Trinajstić information content (AvgIpc) is 3.38. The largest absolute Gasteiger partial charge is 0.466 e. The number of hydrogen-bond acceptors (Lipinski definition) is 7. The molecule has 1 aromatic heterocycles. The molecule has 2 aromatic carbocycles. The van der Waals surface area contributed by atoms with Crippen LogP contribution in [0, 0.1) is 5.82 Å². The molecule has 0 unspecified atom stereocenters. The molecule has 3 aromatic rings. The van der Waals surface area contributed by atoms with Crippen LogP contribution in [0.25, 0.3) is 16.9 Å². The second kappa shape index (κ2) is 12.4. The van der Waals surface area contributed by atoms with Gasteiger partial charge in [-0.2, -0.15) is 5.10 Å². The van der Waals surface area contributed by atoms with Crippen molar-refractivity contribution in [3.63, 3.8) is 0 Å². The molecule has 4 rings (SSSR count). The van der Waals surface area contributed by atoms with Gasteiger partial charge in [0.1, 0.15) is 5.82 Å². The van der Waals surface area contributed by atoms with Crippen molar-refractivity contribution >= 4 is 23.5 Å². The molecule has 1 saturated heterocycles. The molecule has 1 amide bonds. The smallest absolute Gasteiger partial charge is 0.358 e. The molecule has 1 aliphatic heterocycles. The van der Waals surface area contributed by atoms with E-state index in [4.69, 9.17) is 9.47 Å². The van der Waals surface area contributed by atoms with Crippen molar-refractivity contribution < 1.29 is 28.2 Å². The van der Waals surface area contributed by atoms with Gasteiger partial charge in [0.25, 0.3) is 0 Å². The first kappa shape index (κ1) is 26.8. The summed E-state index contributed by atoms with van der Waals surface area (Å²) >= 11 is 0. The van der Waals surface area contributed by atoms with E-state index in [1.54, 1.807) is 36.9 Å². The number of hydrogen-bond donors (Lipinski definition) is 0. The van der Waals surface area contributed by atoms with Gasteiger partial charge in [-0.05, 0) is 50.2 Å². The molecule has 0 N–H and O–H groups in total. The summed E-state index contributed by atoms with van der Waals surface area (Å²) in [6.45, 7) is 6.46. The number of esters is 2. The molecule has 0 saturated carbocycles. The monoisotopic (exact) mass is 522 g/mol. The van der Waals surface area contributed by atoms with Crippen LogP contribution in [0.1, 0.15) is 37.2 Å². The zero-order valence-electron chi connectivity index (χ0n) is 21.6. The van der Waals surface area contributed by atoms with E-state index in [0.29, 0.717) is 44.2 Å². The molecular weight excluding hydrogens is 491 g/mol. The highest BCUT2D eigenvalue weighted by Gasteiger charge is 2.23. The molecule has 38 heavy (non-hydrogen) atoms. The third-order valence-corrected chi connectivity index (χ3v) is 6.26. The number of halogens is 1. The molecule has 2 heterocycles. The number of aromatic nitrogens is 2. The van der Waals surface area contributed by atoms with Gasteiger partial charge in [-0.3, -0.25) is 9.59 Å². The fourth-order valence-corrected chi connectivity index (χ4v) is 4.35. The first-order valence-corrected chi connectivity index (χ1v) is 12.7. The van der Waals surface area contributed by atoms with Crippen molar-refractivity contribution in [1.82, 2.24) is 14.7 Å². The highest BCUT2D eigenvalue weighted by atomic mass is 19.1. The number of ether oxygens (including phenoxy) is 2. The number of anilines is 1. The van der Waals surface area contributed by atoms with E-state index in [-0.39, 0.29) is 37.0 Å². The third kappa shape index (κ3) is 6.37. The molecule has 0 bridgehead atoms. The third-order valence-electron chi connectivity index (χ3n) is 6.26. The van der Waals surface area contributed by atoms with Crippen molar-refractivity contribution in [2.45, 2.75) is 26.7 Å². The number of benzene rings is 2.